The van der Waals surface area contributed by atoms with Crippen LogP contribution in [0.5, 0.6) is 0 Å². The molecule has 0 amide bonds. The smallest absolute Gasteiger partial charge is 0.338 e. The van der Waals surface area contributed by atoms with Crippen molar-refractivity contribution in [2.75, 3.05) is 18.8 Å². The van der Waals surface area contributed by atoms with E-state index < -0.39 is 40.5 Å². The number of pyridine rings is 1. The molecule has 0 aliphatic carbocycles. The fraction of sp³-hybridized carbons (Fsp3) is 0.471. The van der Waals surface area contributed by atoms with Gasteiger partial charge in [0.25, 0.3) is 0 Å². The van der Waals surface area contributed by atoms with Gasteiger partial charge in [0.2, 0.25) is 21.7 Å². The molecular formula is C17H17F3N4O3S. The fourth-order valence-electron chi connectivity index (χ4n) is 3.06. The number of hydrogen-bond acceptors (Lipinski definition) is 6. The Morgan fingerprint density at radius 1 is 1.32 bits per heavy atom. The van der Waals surface area contributed by atoms with Crippen LogP contribution in [-0.2, 0) is 15.4 Å². The van der Waals surface area contributed by atoms with E-state index in [9.17, 15) is 21.6 Å². The molecule has 2 aromatic rings. The third kappa shape index (κ3) is 3.74. The van der Waals surface area contributed by atoms with Crippen molar-refractivity contribution in [2.24, 2.45) is 0 Å². The molecule has 0 bridgehead atoms. The van der Waals surface area contributed by atoms with Crippen LogP contribution in [0.15, 0.2) is 29.0 Å². The quantitative estimate of drug-likeness (QED) is 0.533. The molecule has 28 heavy (non-hydrogen) atoms. The Labute approximate surface area is 160 Å². The Morgan fingerprint density at radius 3 is 2.68 bits per heavy atom. The molecule has 1 saturated heterocycles. The summed E-state index contributed by atoms with van der Waals surface area (Å²) < 4.78 is 72.6. The van der Waals surface area contributed by atoms with Gasteiger partial charge in [-0.2, -0.15) is 18.2 Å². The van der Waals surface area contributed by atoms with Crippen LogP contribution in [0.25, 0.3) is 11.4 Å². The summed E-state index contributed by atoms with van der Waals surface area (Å²) in [5.41, 5.74) is -2.11. The van der Waals surface area contributed by atoms with Gasteiger partial charge in [0.1, 0.15) is 0 Å². The summed E-state index contributed by atoms with van der Waals surface area (Å²) >= 11 is 0. The monoisotopic (exact) mass is 414 g/mol. The second-order valence-corrected chi connectivity index (χ2v) is 8.53. The zero-order valence-electron chi connectivity index (χ0n) is 14.7. The normalized spacial score (nSPS) is 20.9. The molecule has 0 radical (unpaired) electrons. The standard InChI is InChI=1S/C17H17F3N4O3S/c1-2-3-4-11-28(25,26)24-10-7-16(12-24,17(18,19)20)15-22-14(23-27-15)13-5-8-21-9-6-13/h1,5-6,8-9H,3-4,7,10-12H2. The summed E-state index contributed by atoms with van der Waals surface area (Å²) in [5.74, 6) is 1.34. The highest BCUT2D eigenvalue weighted by molar-refractivity contribution is 7.89. The fourth-order valence-corrected chi connectivity index (χ4v) is 4.62. The highest BCUT2D eigenvalue weighted by Gasteiger charge is 2.64. The van der Waals surface area contributed by atoms with E-state index in [4.69, 9.17) is 10.9 Å². The number of rotatable bonds is 6. The Balaban J connectivity index is 1.90. The van der Waals surface area contributed by atoms with Gasteiger partial charge in [-0.1, -0.05) is 5.16 Å². The number of alkyl halides is 3. The summed E-state index contributed by atoms with van der Waals surface area (Å²) in [4.78, 5) is 7.74. The van der Waals surface area contributed by atoms with Gasteiger partial charge in [-0.05, 0) is 25.0 Å². The minimum atomic E-state index is -4.77. The molecule has 3 heterocycles. The molecule has 3 rings (SSSR count). The predicted octanol–water partition coefficient (Wildman–Crippen LogP) is 2.38. The summed E-state index contributed by atoms with van der Waals surface area (Å²) in [7, 11) is -3.88. The highest BCUT2D eigenvalue weighted by atomic mass is 32.2. The minimum absolute atomic E-state index is 0.0173. The molecular weight excluding hydrogens is 397 g/mol. The average molecular weight is 414 g/mol. The third-order valence-corrected chi connectivity index (χ3v) is 6.57. The molecule has 1 aliphatic rings. The summed E-state index contributed by atoms with van der Waals surface area (Å²) in [6.07, 6.45) is 3.15. The van der Waals surface area contributed by atoms with Gasteiger partial charge in [0.05, 0.1) is 5.75 Å². The average Bonchev–Trinajstić information content (AvgIpc) is 3.30. The van der Waals surface area contributed by atoms with E-state index in [1.54, 1.807) is 0 Å². The molecule has 0 saturated carbocycles. The van der Waals surface area contributed by atoms with Crippen molar-refractivity contribution in [3.8, 4) is 23.7 Å². The van der Waals surface area contributed by atoms with E-state index in [1.165, 1.54) is 24.5 Å². The van der Waals surface area contributed by atoms with E-state index in [1.807, 2.05) is 0 Å². The van der Waals surface area contributed by atoms with Crippen LogP contribution in [0.3, 0.4) is 0 Å². The molecule has 1 aliphatic heterocycles. The van der Waals surface area contributed by atoms with Crippen LogP contribution in [0.4, 0.5) is 13.2 Å². The van der Waals surface area contributed by atoms with E-state index in [0.29, 0.717) is 5.56 Å². The zero-order chi connectivity index (χ0) is 20.4. The molecule has 150 valence electrons. The maximum absolute atomic E-state index is 14.0. The van der Waals surface area contributed by atoms with Gasteiger partial charge in [-0.3, -0.25) is 4.98 Å². The van der Waals surface area contributed by atoms with E-state index in [0.717, 1.165) is 4.31 Å². The zero-order valence-corrected chi connectivity index (χ0v) is 15.5. The van der Waals surface area contributed by atoms with Crippen LogP contribution in [0.1, 0.15) is 25.2 Å². The Morgan fingerprint density at radius 2 is 2.04 bits per heavy atom. The molecule has 1 atom stereocenters. The molecule has 1 unspecified atom stereocenters. The lowest BCUT2D eigenvalue weighted by Crippen LogP contribution is -2.46. The van der Waals surface area contributed by atoms with Gasteiger partial charge < -0.3 is 4.52 Å². The van der Waals surface area contributed by atoms with Crippen LogP contribution in [0.2, 0.25) is 0 Å². The maximum atomic E-state index is 14.0. The number of sulfonamides is 1. The second kappa shape index (κ2) is 7.52. The summed E-state index contributed by atoms with van der Waals surface area (Å²) in [6.45, 7) is -1.09. The van der Waals surface area contributed by atoms with Crippen LogP contribution < -0.4 is 0 Å². The number of halogens is 3. The lowest BCUT2D eigenvalue weighted by atomic mass is 9.86. The lowest BCUT2D eigenvalue weighted by Gasteiger charge is -2.27. The van der Waals surface area contributed by atoms with Crippen LogP contribution in [-0.4, -0.2) is 52.9 Å². The van der Waals surface area contributed by atoms with E-state index in [2.05, 4.69) is 21.0 Å². The van der Waals surface area contributed by atoms with Crippen molar-refractivity contribution >= 4 is 10.0 Å². The summed E-state index contributed by atoms with van der Waals surface area (Å²) in [5, 5.41) is 3.63. The Bertz CT molecular complexity index is 970. The predicted molar refractivity (Wildman–Crippen MR) is 93.3 cm³/mol. The lowest BCUT2D eigenvalue weighted by molar-refractivity contribution is -0.192. The van der Waals surface area contributed by atoms with E-state index >= 15 is 0 Å². The third-order valence-electron chi connectivity index (χ3n) is 4.67. The number of terminal acetylenes is 1. The SMILES string of the molecule is C#CCCCS(=O)(=O)N1CCC(c2nc(-c3ccncc3)no2)(C(F)(F)F)C1. The Kier molecular flexibility index (Phi) is 5.45. The molecule has 11 heteroatoms. The molecule has 0 spiro atoms. The first-order chi connectivity index (χ1) is 13.2. The maximum Gasteiger partial charge on any atom is 0.404 e. The van der Waals surface area contributed by atoms with Gasteiger partial charge in [0, 0.05) is 37.5 Å². The van der Waals surface area contributed by atoms with Crippen molar-refractivity contribution in [3.05, 3.63) is 30.4 Å². The number of aromatic nitrogens is 3. The number of unbranched alkanes of at least 4 members (excludes halogenated alkanes) is 1. The number of hydrogen-bond donors (Lipinski definition) is 0. The van der Waals surface area contributed by atoms with Gasteiger partial charge in [0.15, 0.2) is 5.41 Å². The first-order valence-corrected chi connectivity index (χ1v) is 10.0. The summed E-state index contributed by atoms with van der Waals surface area (Å²) in [6, 6.07) is 3.07. The van der Waals surface area contributed by atoms with Gasteiger partial charge in [-0.25, -0.2) is 12.7 Å². The Hall–Kier alpha value is -2.45. The van der Waals surface area contributed by atoms with Crippen molar-refractivity contribution < 1.29 is 26.1 Å². The molecule has 0 N–H and O–H groups in total. The first-order valence-electron chi connectivity index (χ1n) is 8.42. The van der Waals surface area contributed by atoms with Crippen LogP contribution in [0, 0.1) is 12.3 Å². The van der Waals surface area contributed by atoms with Gasteiger partial charge in [-0.15, -0.1) is 12.3 Å². The van der Waals surface area contributed by atoms with Crippen molar-refractivity contribution in [1.29, 1.82) is 0 Å². The molecule has 2 aromatic heterocycles. The van der Waals surface area contributed by atoms with Gasteiger partial charge >= 0.3 is 6.18 Å². The first kappa shape index (κ1) is 20.3. The molecule has 7 nitrogen and oxygen atoms in total. The second-order valence-electron chi connectivity index (χ2n) is 6.45. The molecule has 1 fully saturated rings. The topological polar surface area (TPSA) is 89.2 Å². The highest BCUT2D eigenvalue weighted by Crippen LogP contribution is 2.48. The van der Waals surface area contributed by atoms with Crippen molar-refractivity contribution in [3.63, 3.8) is 0 Å². The van der Waals surface area contributed by atoms with E-state index in [-0.39, 0.29) is 31.0 Å². The van der Waals surface area contributed by atoms with Crippen molar-refractivity contribution in [1.82, 2.24) is 19.4 Å². The molecule has 0 aromatic carbocycles. The largest absolute Gasteiger partial charge is 0.404 e. The van der Waals surface area contributed by atoms with Crippen molar-refractivity contribution in [2.45, 2.75) is 30.9 Å². The number of nitrogens with zero attached hydrogens (tertiary/aromatic N) is 4. The van der Waals surface area contributed by atoms with Crippen LogP contribution >= 0.6 is 0 Å². The minimum Gasteiger partial charge on any atom is -0.338 e.